The third-order valence-electron chi connectivity index (χ3n) is 8.10. The van der Waals surface area contributed by atoms with Crippen LogP contribution in [0.15, 0.2) is 42.5 Å². The van der Waals surface area contributed by atoms with Crippen LogP contribution in [0.25, 0.3) is 11.1 Å². The van der Waals surface area contributed by atoms with Gasteiger partial charge in [0.25, 0.3) is 0 Å². The molecule has 7 nitrogen and oxygen atoms in total. The first kappa shape index (κ1) is 29.0. The molecule has 0 aromatic heterocycles. The highest BCUT2D eigenvalue weighted by Gasteiger charge is 2.45. The number of nitrogens with zero attached hydrogens (tertiary/aromatic N) is 1. The summed E-state index contributed by atoms with van der Waals surface area (Å²) < 4.78 is 11.5. The zero-order chi connectivity index (χ0) is 27.3. The first-order valence-electron chi connectivity index (χ1n) is 13.7. The van der Waals surface area contributed by atoms with Crippen LogP contribution >= 0.6 is 11.6 Å². The summed E-state index contributed by atoms with van der Waals surface area (Å²) in [6.07, 6.45) is 2.34. The molecular formula is C30H41ClN2O5. The molecular weight excluding hydrogens is 504 g/mol. The highest BCUT2D eigenvalue weighted by molar-refractivity contribution is 6.33. The van der Waals surface area contributed by atoms with Crippen LogP contribution in [-0.2, 0) is 26.3 Å². The molecule has 2 aromatic carbocycles. The van der Waals surface area contributed by atoms with E-state index in [1.807, 2.05) is 30.3 Å². The first-order chi connectivity index (χ1) is 18.3. The topological polar surface area (TPSA) is 105 Å². The molecule has 1 amide bonds. The van der Waals surface area contributed by atoms with Crippen LogP contribution in [0.5, 0.6) is 0 Å². The normalized spacial score (nSPS) is 25.4. The van der Waals surface area contributed by atoms with Gasteiger partial charge in [-0.3, -0.25) is 4.79 Å². The third kappa shape index (κ3) is 6.24. The summed E-state index contributed by atoms with van der Waals surface area (Å²) in [6, 6.07) is 13.5. The average molecular weight is 545 g/mol. The van der Waals surface area contributed by atoms with E-state index in [2.05, 4.69) is 19.1 Å². The second-order valence-corrected chi connectivity index (χ2v) is 11.0. The van der Waals surface area contributed by atoms with E-state index in [4.69, 9.17) is 26.8 Å². The van der Waals surface area contributed by atoms with Crippen molar-refractivity contribution in [3.05, 3.63) is 58.6 Å². The Balaban J connectivity index is 1.69. The molecule has 1 saturated heterocycles. The number of carbonyl (C=O) groups excluding carboxylic acids is 1. The number of aliphatic hydroxyl groups is 2. The molecule has 8 heteroatoms. The molecule has 0 radical (unpaired) electrons. The van der Waals surface area contributed by atoms with Crippen LogP contribution in [0.1, 0.15) is 50.2 Å². The molecule has 1 saturated carbocycles. The summed E-state index contributed by atoms with van der Waals surface area (Å²) in [5.41, 5.74) is 8.21. The van der Waals surface area contributed by atoms with E-state index in [-0.39, 0.29) is 24.4 Å². The lowest BCUT2D eigenvalue weighted by Gasteiger charge is -2.44. The van der Waals surface area contributed by atoms with Crippen LogP contribution < -0.4 is 5.73 Å². The Bertz CT molecular complexity index is 1090. The number of hydrogen-bond acceptors (Lipinski definition) is 6. The van der Waals surface area contributed by atoms with Gasteiger partial charge in [-0.15, -0.1) is 0 Å². The van der Waals surface area contributed by atoms with Gasteiger partial charge in [0.15, 0.2) is 0 Å². The SMILES string of the molecule is CCc1cccc(-c2c(Cl)cccc2C(O)(CCCCOC)C2CN(C(=O)[C@H]3C[C@@H](N)[C@@H](O)C3)CCO2)c1. The Labute approximate surface area is 230 Å². The Morgan fingerprint density at radius 2 is 2.03 bits per heavy atom. The summed E-state index contributed by atoms with van der Waals surface area (Å²) >= 11 is 6.81. The number of aryl methyl sites for hydroxylation is 1. The second-order valence-electron chi connectivity index (χ2n) is 10.6. The van der Waals surface area contributed by atoms with Gasteiger partial charge in [0, 0.05) is 42.8 Å². The Morgan fingerprint density at radius 3 is 2.74 bits per heavy atom. The highest BCUT2D eigenvalue weighted by Crippen LogP contribution is 2.43. The number of methoxy groups -OCH3 is 1. The molecule has 1 aliphatic heterocycles. The number of halogens is 1. The van der Waals surface area contributed by atoms with Crippen LogP contribution in [0, 0.1) is 5.92 Å². The predicted molar refractivity (Wildman–Crippen MR) is 149 cm³/mol. The molecule has 5 atom stereocenters. The van der Waals surface area contributed by atoms with Crippen LogP contribution in [-0.4, -0.2) is 72.7 Å². The van der Waals surface area contributed by atoms with Gasteiger partial charge in [0.1, 0.15) is 11.7 Å². The number of carbonyl (C=O) groups is 1. The number of nitrogens with two attached hydrogens (primary N) is 1. The molecule has 0 bridgehead atoms. The molecule has 4 N–H and O–H groups in total. The highest BCUT2D eigenvalue weighted by atomic mass is 35.5. The van der Waals surface area contributed by atoms with Crippen molar-refractivity contribution >= 4 is 17.5 Å². The number of rotatable bonds is 10. The summed E-state index contributed by atoms with van der Waals surface area (Å²) in [7, 11) is 1.67. The lowest BCUT2D eigenvalue weighted by atomic mass is 9.78. The van der Waals surface area contributed by atoms with Gasteiger partial charge >= 0.3 is 0 Å². The van der Waals surface area contributed by atoms with E-state index < -0.39 is 17.8 Å². The Kier molecular flexibility index (Phi) is 9.84. The van der Waals surface area contributed by atoms with Gasteiger partial charge < -0.3 is 30.3 Å². The molecule has 2 unspecified atom stereocenters. The van der Waals surface area contributed by atoms with E-state index in [1.165, 1.54) is 5.56 Å². The maximum Gasteiger partial charge on any atom is 0.226 e. The van der Waals surface area contributed by atoms with Crippen molar-refractivity contribution in [2.45, 2.75) is 69.3 Å². The maximum absolute atomic E-state index is 13.4. The monoisotopic (exact) mass is 544 g/mol. The van der Waals surface area contributed by atoms with Crippen molar-refractivity contribution < 1.29 is 24.5 Å². The largest absolute Gasteiger partial charge is 0.391 e. The summed E-state index contributed by atoms with van der Waals surface area (Å²) in [6.45, 7) is 3.72. The van der Waals surface area contributed by atoms with Crippen molar-refractivity contribution in [1.29, 1.82) is 0 Å². The fourth-order valence-electron chi connectivity index (χ4n) is 5.88. The van der Waals surface area contributed by atoms with Gasteiger partial charge in [0.05, 0.1) is 19.3 Å². The van der Waals surface area contributed by atoms with Gasteiger partial charge in [-0.05, 0) is 61.3 Å². The van der Waals surface area contributed by atoms with Gasteiger partial charge in [-0.2, -0.15) is 0 Å². The van der Waals surface area contributed by atoms with Crippen molar-refractivity contribution in [2.75, 3.05) is 33.4 Å². The molecule has 208 valence electrons. The molecule has 1 heterocycles. The molecule has 0 spiro atoms. The summed E-state index contributed by atoms with van der Waals surface area (Å²) in [5, 5.41) is 23.2. The minimum absolute atomic E-state index is 0.0333. The van der Waals surface area contributed by atoms with Crippen molar-refractivity contribution in [1.82, 2.24) is 4.90 Å². The van der Waals surface area contributed by atoms with E-state index in [9.17, 15) is 15.0 Å². The van der Waals surface area contributed by atoms with E-state index in [0.29, 0.717) is 56.0 Å². The van der Waals surface area contributed by atoms with Gasteiger partial charge in [-0.1, -0.05) is 54.9 Å². The lowest BCUT2D eigenvalue weighted by molar-refractivity contribution is -0.167. The molecule has 2 aromatic rings. The number of morpholine rings is 1. The van der Waals surface area contributed by atoms with Crippen molar-refractivity contribution in [2.24, 2.45) is 11.7 Å². The maximum atomic E-state index is 13.4. The average Bonchev–Trinajstić information content (AvgIpc) is 3.28. The minimum atomic E-state index is -1.39. The second kappa shape index (κ2) is 12.9. The number of ether oxygens (including phenoxy) is 2. The van der Waals surface area contributed by atoms with Crippen LogP contribution in [0.3, 0.4) is 0 Å². The zero-order valence-electron chi connectivity index (χ0n) is 22.4. The summed E-state index contributed by atoms with van der Waals surface area (Å²) in [4.78, 5) is 15.2. The first-order valence-corrected chi connectivity index (χ1v) is 14.1. The molecule has 4 rings (SSSR count). The lowest BCUT2D eigenvalue weighted by Crippen LogP contribution is -2.55. The number of aliphatic hydroxyl groups excluding tert-OH is 1. The van der Waals surface area contributed by atoms with Gasteiger partial charge in [0.2, 0.25) is 5.91 Å². The minimum Gasteiger partial charge on any atom is -0.391 e. The molecule has 2 fully saturated rings. The Morgan fingerprint density at radius 1 is 1.24 bits per heavy atom. The smallest absolute Gasteiger partial charge is 0.226 e. The molecule has 1 aliphatic carbocycles. The predicted octanol–water partition coefficient (Wildman–Crippen LogP) is 3.90. The number of benzene rings is 2. The fourth-order valence-corrected chi connectivity index (χ4v) is 6.17. The fraction of sp³-hybridized carbons (Fsp3) is 0.567. The number of amides is 1. The number of hydrogen-bond donors (Lipinski definition) is 3. The van der Waals surface area contributed by atoms with Crippen molar-refractivity contribution in [3.63, 3.8) is 0 Å². The van der Waals surface area contributed by atoms with E-state index in [0.717, 1.165) is 24.0 Å². The third-order valence-corrected chi connectivity index (χ3v) is 8.41. The number of unbranched alkanes of at least 4 members (excludes halogenated alkanes) is 1. The standard InChI is InChI=1S/C30H41ClN2O5/c1-3-20-8-6-9-21(16-20)28-23(10-7-11-24(28)31)30(36,12-4-5-14-37-2)27-19-33(13-15-38-27)29(35)22-17-25(32)26(34)18-22/h6-11,16,22,25-27,34,36H,3-5,12-15,17-19,32H2,1-2H3/t22-,25+,26-,27?,30?/m0/s1. The van der Waals surface area contributed by atoms with Crippen LogP contribution in [0.4, 0.5) is 0 Å². The van der Waals surface area contributed by atoms with Crippen molar-refractivity contribution in [3.8, 4) is 11.1 Å². The zero-order valence-corrected chi connectivity index (χ0v) is 23.2. The quantitative estimate of drug-likeness (QED) is 0.392. The molecule has 38 heavy (non-hydrogen) atoms. The Hall–Kier alpha value is -2.00. The van der Waals surface area contributed by atoms with E-state index >= 15 is 0 Å². The molecule has 2 aliphatic rings. The summed E-state index contributed by atoms with van der Waals surface area (Å²) in [5.74, 6) is -0.346. The van der Waals surface area contributed by atoms with Gasteiger partial charge in [-0.25, -0.2) is 0 Å². The van der Waals surface area contributed by atoms with Crippen LogP contribution in [0.2, 0.25) is 5.02 Å². The van der Waals surface area contributed by atoms with E-state index in [1.54, 1.807) is 12.0 Å².